The molecule has 0 amide bonds. The summed E-state index contributed by atoms with van der Waals surface area (Å²) in [5, 5.41) is 8.23. The Balaban J connectivity index is 1.96. The molecule has 0 aliphatic carbocycles. The van der Waals surface area contributed by atoms with Crippen LogP contribution in [0.2, 0.25) is 5.02 Å². The molecule has 0 bridgehead atoms. The van der Waals surface area contributed by atoms with Gasteiger partial charge in [-0.25, -0.2) is 0 Å². The minimum absolute atomic E-state index is 0.684. The molecule has 0 aliphatic heterocycles. The quantitative estimate of drug-likeness (QED) is 0.696. The standard InChI is InChI=1S/C15H20ClN5/c1-17-15(18-10-14-7-8-19-21(14)3)20(2)11-12-5-4-6-13(16)9-12/h4-9H,10-11H2,1-3H3,(H,17,18). The van der Waals surface area contributed by atoms with Crippen molar-refractivity contribution in [2.24, 2.45) is 12.0 Å². The molecule has 0 saturated heterocycles. The highest BCUT2D eigenvalue weighted by atomic mass is 35.5. The van der Waals surface area contributed by atoms with Crippen LogP contribution in [0.25, 0.3) is 0 Å². The topological polar surface area (TPSA) is 45.5 Å². The van der Waals surface area contributed by atoms with Crippen molar-refractivity contribution in [3.63, 3.8) is 0 Å². The van der Waals surface area contributed by atoms with Gasteiger partial charge in [-0.3, -0.25) is 9.67 Å². The number of benzene rings is 1. The molecule has 1 aromatic carbocycles. The maximum Gasteiger partial charge on any atom is 0.194 e. The molecule has 0 aliphatic rings. The number of hydrogen-bond donors (Lipinski definition) is 1. The van der Waals surface area contributed by atoms with Crippen LogP contribution in [0.3, 0.4) is 0 Å². The Morgan fingerprint density at radius 2 is 2.24 bits per heavy atom. The van der Waals surface area contributed by atoms with Crippen LogP contribution >= 0.6 is 11.6 Å². The summed E-state index contributed by atoms with van der Waals surface area (Å²) < 4.78 is 1.84. The summed E-state index contributed by atoms with van der Waals surface area (Å²) in [5.74, 6) is 0.830. The second-order valence-electron chi connectivity index (χ2n) is 4.83. The first-order valence-corrected chi connectivity index (χ1v) is 7.11. The lowest BCUT2D eigenvalue weighted by molar-refractivity contribution is 0.474. The van der Waals surface area contributed by atoms with Crippen LogP contribution in [-0.2, 0) is 20.1 Å². The van der Waals surface area contributed by atoms with Gasteiger partial charge in [0, 0.05) is 38.9 Å². The van der Waals surface area contributed by atoms with E-state index >= 15 is 0 Å². The minimum atomic E-state index is 0.684. The van der Waals surface area contributed by atoms with Gasteiger partial charge in [-0.1, -0.05) is 23.7 Å². The van der Waals surface area contributed by atoms with Gasteiger partial charge in [0.25, 0.3) is 0 Å². The fraction of sp³-hybridized carbons (Fsp3) is 0.333. The van der Waals surface area contributed by atoms with E-state index in [4.69, 9.17) is 11.6 Å². The van der Waals surface area contributed by atoms with E-state index in [-0.39, 0.29) is 0 Å². The van der Waals surface area contributed by atoms with Crippen molar-refractivity contribution in [2.75, 3.05) is 14.1 Å². The summed E-state index contributed by atoms with van der Waals surface area (Å²) in [5.41, 5.74) is 2.25. The summed E-state index contributed by atoms with van der Waals surface area (Å²) in [6.07, 6.45) is 1.79. The Hall–Kier alpha value is -2.01. The van der Waals surface area contributed by atoms with Crippen LogP contribution in [0.1, 0.15) is 11.3 Å². The molecule has 0 fully saturated rings. The van der Waals surface area contributed by atoms with Crippen LogP contribution in [0, 0.1) is 0 Å². The lowest BCUT2D eigenvalue weighted by atomic mass is 10.2. The van der Waals surface area contributed by atoms with Gasteiger partial charge >= 0.3 is 0 Å². The second-order valence-corrected chi connectivity index (χ2v) is 5.27. The normalized spacial score (nSPS) is 11.5. The SMILES string of the molecule is CN=C(NCc1ccnn1C)N(C)Cc1cccc(Cl)c1. The number of nitrogens with one attached hydrogen (secondary N) is 1. The molecule has 6 heteroatoms. The Bertz CT molecular complexity index is 620. The third kappa shape index (κ3) is 4.23. The van der Waals surface area contributed by atoms with Crippen molar-refractivity contribution < 1.29 is 0 Å². The predicted octanol–water partition coefficient (Wildman–Crippen LogP) is 2.28. The van der Waals surface area contributed by atoms with Crippen molar-refractivity contribution in [3.05, 3.63) is 52.8 Å². The molecule has 1 aromatic heterocycles. The van der Waals surface area contributed by atoms with Crippen molar-refractivity contribution in [1.82, 2.24) is 20.0 Å². The number of rotatable bonds is 4. The Labute approximate surface area is 130 Å². The van der Waals surface area contributed by atoms with E-state index < -0.39 is 0 Å². The highest BCUT2D eigenvalue weighted by molar-refractivity contribution is 6.30. The maximum absolute atomic E-state index is 6.01. The Kier molecular flexibility index (Phi) is 5.22. The first kappa shape index (κ1) is 15.4. The summed E-state index contributed by atoms with van der Waals surface area (Å²) in [6.45, 7) is 1.43. The van der Waals surface area contributed by atoms with Gasteiger partial charge in [-0.2, -0.15) is 5.10 Å². The largest absolute Gasteiger partial charge is 0.351 e. The van der Waals surface area contributed by atoms with Gasteiger partial charge in [0.15, 0.2) is 5.96 Å². The fourth-order valence-corrected chi connectivity index (χ4v) is 2.33. The smallest absolute Gasteiger partial charge is 0.194 e. The van der Waals surface area contributed by atoms with Gasteiger partial charge < -0.3 is 10.2 Å². The van der Waals surface area contributed by atoms with E-state index in [1.54, 1.807) is 13.2 Å². The third-order valence-electron chi connectivity index (χ3n) is 3.23. The van der Waals surface area contributed by atoms with Crippen LogP contribution < -0.4 is 5.32 Å². The molecular formula is C15H20ClN5. The van der Waals surface area contributed by atoms with E-state index in [1.165, 1.54) is 0 Å². The predicted molar refractivity (Wildman–Crippen MR) is 86.3 cm³/mol. The van der Waals surface area contributed by atoms with E-state index in [9.17, 15) is 0 Å². The van der Waals surface area contributed by atoms with E-state index in [0.29, 0.717) is 6.54 Å². The van der Waals surface area contributed by atoms with E-state index in [2.05, 4.69) is 26.4 Å². The molecule has 0 saturated carbocycles. The second kappa shape index (κ2) is 7.13. The summed E-state index contributed by atoms with van der Waals surface area (Å²) >= 11 is 6.01. The number of nitrogens with zero attached hydrogens (tertiary/aromatic N) is 4. The zero-order valence-electron chi connectivity index (χ0n) is 12.5. The van der Waals surface area contributed by atoms with Gasteiger partial charge in [0.2, 0.25) is 0 Å². The summed E-state index contributed by atoms with van der Waals surface area (Å²) in [7, 11) is 5.70. The van der Waals surface area contributed by atoms with Crippen molar-refractivity contribution >= 4 is 17.6 Å². The van der Waals surface area contributed by atoms with E-state index in [0.717, 1.165) is 28.8 Å². The first-order valence-electron chi connectivity index (χ1n) is 6.73. The van der Waals surface area contributed by atoms with Crippen molar-refractivity contribution in [1.29, 1.82) is 0 Å². The highest BCUT2D eigenvalue weighted by Crippen LogP contribution is 2.12. The van der Waals surface area contributed by atoms with Crippen LogP contribution in [-0.4, -0.2) is 34.7 Å². The number of guanidine groups is 1. The highest BCUT2D eigenvalue weighted by Gasteiger charge is 2.08. The monoisotopic (exact) mass is 305 g/mol. The zero-order chi connectivity index (χ0) is 15.2. The molecule has 1 N–H and O–H groups in total. The van der Waals surface area contributed by atoms with Gasteiger partial charge in [0.1, 0.15) is 0 Å². The molecule has 112 valence electrons. The average Bonchev–Trinajstić information content (AvgIpc) is 2.85. The number of hydrogen-bond acceptors (Lipinski definition) is 2. The molecule has 0 spiro atoms. The molecule has 2 rings (SSSR count). The third-order valence-corrected chi connectivity index (χ3v) is 3.47. The van der Waals surface area contributed by atoms with Crippen LogP contribution in [0.4, 0.5) is 0 Å². The fourth-order valence-electron chi connectivity index (χ4n) is 2.11. The Morgan fingerprint density at radius 1 is 1.43 bits per heavy atom. The first-order chi connectivity index (χ1) is 10.1. The van der Waals surface area contributed by atoms with E-state index in [1.807, 2.05) is 43.0 Å². The molecule has 2 aromatic rings. The average molecular weight is 306 g/mol. The maximum atomic E-state index is 6.01. The number of aromatic nitrogens is 2. The lowest BCUT2D eigenvalue weighted by Crippen LogP contribution is -2.38. The zero-order valence-corrected chi connectivity index (χ0v) is 13.3. The Morgan fingerprint density at radius 3 is 2.86 bits per heavy atom. The van der Waals surface area contributed by atoms with Crippen LogP contribution in [0.15, 0.2) is 41.5 Å². The molecule has 0 unspecified atom stereocenters. The number of halogens is 1. The summed E-state index contributed by atoms with van der Waals surface area (Å²) in [4.78, 5) is 6.36. The molecule has 1 heterocycles. The molecule has 5 nitrogen and oxygen atoms in total. The number of aliphatic imine (C=N–C) groups is 1. The summed E-state index contributed by atoms with van der Waals surface area (Å²) in [6, 6.07) is 9.83. The van der Waals surface area contributed by atoms with Crippen molar-refractivity contribution in [2.45, 2.75) is 13.1 Å². The molecule has 0 radical (unpaired) electrons. The van der Waals surface area contributed by atoms with Gasteiger partial charge in [0.05, 0.1) is 12.2 Å². The number of aryl methyl sites for hydroxylation is 1. The minimum Gasteiger partial charge on any atom is -0.351 e. The van der Waals surface area contributed by atoms with Crippen LogP contribution in [0.5, 0.6) is 0 Å². The van der Waals surface area contributed by atoms with Gasteiger partial charge in [-0.15, -0.1) is 0 Å². The molecule has 21 heavy (non-hydrogen) atoms. The van der Waals surface area contributed by atoms with Crippen molar-refractivity contribution in [3.8, 4) is 0 Å². The molecular weight excluding hydrogens is 286 g/mol. The molecule has 0 atom stereocenters. The lowest BCUT2D eigenvalue weighted by Gasteiger charge is -2.22. The van der Waals surface area contributed by atoms with Gasteiger partial charge in [-0.05, 0) is 23.8 Å².